The summed E-state index contributed by atoms with van der Waals surface area (Å²) in [6.07, 6.45) is 2.79. The Morgan fingerprint density at radius 3 is 2.74 bits per heavy atom. The Morgan fingerprint density at radius 1 is 1.29 bits per heavy atom. The first-order chi connectivity index (χ1) is 14.8. The largest absolute Gasteiger partial charge is 0.465 e. The van der Waals surface area contributed by atoms with Crippen LogP contribution in [0.2, 0.25) is 0 Å². The summed E-state index contributed by atoms with van der Waals surface area (Å²) < 4.78 is 18.2. The van der Waals surface area contributed by atoms with Crippen molar-refractivity contribution in [3.63, 3.8) is 0 Å². The predicted octanol–water partition coefficient (Wildman–Crippen LogP) is 4.71. The number of hydrogen-bond acceptors (Lipinski definition) is 6. The lowest BCUT2D eigenvalue weighted by Crippen LogP contribution is -2.25. The molecule has 6 nitrogen and oxygen atoms in total. The third-order valence-electron chi connectivity index (χ3n) is 4.80. The smallest absolute Gasteiger partial charge is 0.350 e. The van der Waals surface area contributed by atoms with Gasteiger partial charge in [0.25, 0.3) is 0 Å². The van der Waals surface area contributed by atoms with Gasteiger partial charge in [0.2, 0.25) is 5.91 Å². The highest BCUT2D eigenvalue weighted by atomic mass is 32.1. The number of ether oxygens (including phenoxy) is 1. The first kappa shape index (κ1) is 22.6. The van der Waals surface area contributed by atoms with Crippen LogP contribution in [0.3, 0.4) is 0 Å². The molecule has 2 heterocycles. The molecule has 2 aromatic heterocycles. The SMILES string of the molecule is COC(=O)c1sc2nc(CN(C)C(C)C)ccc2c1NC(=O)/C=C/c1cccc(F)c1. The summed E-state index contributed by atoms with van der Waals surface area (Å²) in [6, 6.07) is 10.0. The van der Waals surface area contributed by atoms with E-state index in [1.807, 2.05) is 19.2 Å². The van der Waals surface area contributed by atoms with Crippen LogP contribution in [-0.2, 0) is 16.1 Å². The Kier molecular flexibility index (Phi) is 7.14. The van der Waals surface area contributed by atoms with Gasteiger partial charge < -0.3 is 10.1 Å². The van der Waals surface area contributed by atoms with E-state index in [0.717, 1.165) is 5.69 Å². The molecule has 0 aliphatic heterocycles. The lowest BCUT2D eigenvalue weighted by molar-refractivity contribution is -0.111. The highest BCUT2D eigenvalue weighted by Gasteiger charge is 2.21. The number of hydrogen-bond donors (Lipinski definition) is 1. The molecule has 31 heavy (non-hydrogen) atoms. The van der Waals surface area contributed by atoms with Crippen LogP contribution in [0.5, 0.6) is 0 Å². The zero-order valence-electron chi connectivity index (χ0n) is 17.8. The molecule has 1 aromatic carbocycles. The number of rotatable bonds is 7. The van der Waals surface area contributed by atoms with Gasteiger partial charge in [-0.1, -0.05) is 12.1 Å². The number of amides is 1. The van der Waals surface area contributed by atoms with Crippen molar-refractivity contribution in [3.05, 3.63) is 64.4 Å². The van der Waals surface area contributed by atoms with Gasteiger partial charge in [-0.25, -0.2) is 14.2 Å². The first-order valence-electron chi connectivity index (χ1n) is 9.74. The van der Waals surface area contributed by atoms with Crippen molar-refractivity contribution in [2.45, 2.75) is 26.4 Å². The fraction of sp³-hybridized carbons (Fsp3) is 0.261. The van der Waals surface area contributed by atoms with Gasteiger partial charge in [0, 0.05) is 24.0 Å². The highest BCUT2D eigenvalue weighted by molar-refractivity contribution is 7.21. The zero-order valence-corrected chi connectivity index (χ0v) is 18.6. The Bertz CT molecular complexity index is 1140. The Hall–Kier alpha value is -3.10. The van der Waals surface area contributed by atoms with Crippen LogP contribution in [0.4, 0.5) is 10.1 Å². The molecule has 1 N–H and O–H groups in total. The molecule has 0 aliphatic rings. The summed E-state index contributed by atoms with van der Waals surface area (Å²) in [6.45, 7) is 4.87. The van der Waals surface area contributed by atoms with E-state index in [9.17, 15) is 14.0 Å². The van der Waals surface area contributed by atoms with Crippen molar-refractivity contribution in [2.75, 3.05) is 19.5 Å². The summed E-state index contributed by atoms with van der Waals surface area (Å²) in [5.41, 5.74) is 1.78. The van der Waals surface area contributed by atoms with Crippen LogP contribution in [0.25, 0.3) is 16.3 Å². The number of carbonyl (C=O) groups is 2. The molecule has 8 heteroatoms. The third kappa shape index (κ3) is 5.53. The van der Waals surface area contributed by atoms with Crippen LogP contribution >= 0.6 is 11.3 Å². The number of nitrogens with one attached hydrogen (secondary N) is 1. The fourth-order valence-electron chi connectivity index (χ4n) is 2.85. The van der Waals surface area contributed by atoms with Crippen LogP contribution in [0, 0.1) is 5.82 Å². The number of benzene rings is 1. The van der Waals surface area contributed by atoms with E-state index in [4.69, 9.17) is 4.74 Å². The maximum Gasteiger partial charge on any atom is 0.350 e. The number of pyridine rings is 1. The van der Waals surface area contributed by atoms with E-state index in [1.165, 1.54) is 42.7 Å². The summed E-state index contributed by atoms with van der Waals surface area (Å²) in [5, 5.41) is 3.41. The maximum absolute atomic E-state index is 13.3. The average molecular weight is 442 g/mol. The zero-order chi connectivity index (χ0) is 22.5. The molecule has 0 saturated heterocycles. The lowest BCUT2D eigenvalue weighted by atomic mass is 10.2. The minimum Gasteiger partial charge on any atom is -0.465 e. The van der Waals surface area contributed by atoms with Gasteiger partial charge in [0.05, 0.1) is 18.5 Å². The van der Waals surface area contributed by atoms with Gasteiger partial charge in [-0.05, 0) is 56.8 Å². The first-order valence-corrected chi connectivity index (χ1v) is 10.6. The molecule has 0 aliphatic carbocycles. The van der Waals surface area contributed by atoms with Crippen LogP contribution in [0.1, 0.15) is 34.8 Å². The molecule has 0 saturated carbocycles. The summed E-state index contributed by atoms with van der Waals surface area (Å²) in [5.74, 6) is -1.38. The second-order valence-corrected chi connectivity index (χ2v) is 8.34. The van der Waals surface area contributed by atoms with Gasteiger partial charge in [0.15, 0.2) is 0 Å². The van der Waals surface area contributed by atoms with Crippen molar-refractivity contribution >= 4 is 45.2 Å². The molecule has 1 amide bonds. The Balaban J connectivity index is 1.90. The molecule has 0 fully saturated rings. The molecule has 0 unspecified atom stereocenters. The molecular weight excluding hydrogens is 417 g/mol. The van der Waals surface area contributed by atoms with Crippen molar-refractivity contribution in [2.24, 2.45) is 0 Å². The number of nitrogens with zero attached hydrogens (tertiary/aromatic N) is 2. The number of thiophene rings is 1. The van der Waals surface area contributed by atoms with Crippen LogP contribution in [-0.4, -0.2) is 42.0 Å². The van der Waals surface area contributed by atoms with Crippen molar-refractivity contribution < 1.29 is 18.7 Å². The minimum absolute atomic E-state index is 0.270. The Labute approximate surface area is 184 Å². The number of methoxy groups -OCH3 is 1. The molecule has 0 radical (unpaired) electrons. The summed E-state index contributed by atoms with van der Waals surface area (Å²) in [7, 11) is 3.31. The normalized spacial score (nSPS) is 11.6. The lowest BCUT2D eigenvalue weighted by Gasteiger charge is -2.20. The van der Waals surface area contributed by atoms with E-state index in [2.05, 4.69) is 29.0 Å². The minimum atomic E-state index is -0.548. The van der Waals surface area contributed by atoms with E-state index in [1.54, 1.807) is 12.1 Å². The van der Waals surface area contributed by atoms with Crippen molar-refractivity contribution in [1.29, 1.82) is 0 Å². The molecule has 0 bridgehead atoms. The number of halogens is 1. The van der Waals surface area contributed by atoms with Gasteiger partial charge in [-0.3, -0.25) is 9.69 Å². The molecule has 162 valence electrons. The van der Waals surface area contributed by atoms with E-state index < -0.39 is 11.9 Å². The van der Waals surface area contributed by atoms with Crippen LogP contribution in [0.15, 0.2) is 42.5 Å². The number of fused-ring (bicyclic) bond motifs is 1. The number of anilines is 1. The molecule has 3 rings (SSSR count). The van der Waals surface area contributed by atoms with Gasteiger partial charge in [-0.15, -0.1) is 11.3 Å². The second-order valence-electron chi connectivity index (χ2n) is 7.34. The topological polar surface area (TPSA) is 71.5 Å². The average Bonchev–Trinajstić information content (AvgIpc) is 3.09. The highest BCUT2D eigenvalue weighted by Crippen LogP contribution is 2.35. The quantitative estimate of drug-likeness (QED) is 0.425. The standard InChI is InChI=1S/C23H24FN3O3S/c1-14(2)27(3)13-17-9-10-18-20(21(23(29)30-4)31-22(18)25-17)26-19(28)11-8-15-6-5-7-16(24)12-15/h5-12,14H,13H2,1-4H3,(H,26,28)/b11-8+. The Morgan fingerprint density at radius 2 is 2.06 bits per heavy atom. The predicted molar refractivity (Wildman–Crippen MR) is 122 cm³/mol. The molecule has 0 spiro atoms. The number of aromatic nitrogens is 1. The van der Waals surface area contributed by atoms with E-state index in [-0.39, 0.29) is 10.7 Å². The number of carbonyl (C=O) groups excluding carboxylic acids is 2. The second kappa shape index (κ2) is 9.80. The molecular formula is C23H24FN3O3S. The maximum atomic E-state index is 13.3. The van der Waals surface area contributed by atoms with Crippen LogP contribution < -0.4 is 5.32 Å². The van der Waals surface area contributed by atoms with Crippen molar-refractivity contribution in [3.8, 4) is 0 Å². The van der Waals surface area contributed by atoms with E-state index in [0.29, 0.717) is 34.1 Å². The van der Waals surface area contributed by atoms with Gasteiger partial charge in [-0.2, -0.15) is 0 Å². The van der Waals surface area contributed by atoms with Gasteiger partial charge >= 0.3 is 5.97 Å². The third-order valence-corrected chi connectivity index (χ3v) is 5.88. The molecule has 3 aromatic rings. The number of esters is 1. The fourth-order valence-corrected chi connectivity index (χ4v) is 3.92. The van der Waals surface area contributed by atoms with Gasteiger partial charge in [0.1, 0.15) is 15.5 Å². The van der Waals surface area contributed by atoms with Crippen molar-refractivity contribution in [1.82, 2.24) is 9.88 Å². The monoisotopic (exact) mass is 441 g/mol. The summed E-state index contributed by atoms with van der Waals surface area (Å²) in [4.78, 5) is 32.5. The molecule has 0 atom stereocenters. The summed E-state index contributed by atoms with van der Waals surface area (Å²) >= 11 is 1.17. The van der Waals surface area contributed by atoms with E-state index >= 15 is 0 Å².